The van der Waals surface area contributed by atoms with Gasteiger partial charge in [0.2, 0.25) is 0 Å². The molecule has 72 valence electrons. The number of hydrogen-bond donors (Lipinski definition) is 0. The molecular weight excluding hydrogens is 162 g/mol. The molecule has 0 saturated carbocycles. The molecule has 0 N–H and O–H groups in total. The van der Waals surface area contributed by atoms with Gasteiger partial charge in [0, 0.05) is 25.6 Å². The lowest BCUT2D eigenvalue weighted by molar-refractivity contribution is 0.298. The maximum absolute atomic E-state index is 4.45. The minimum absolute atomic E-state index is 0.530. The second-order valence-corrected chi connectivity index (χ2v) is 4.13. The third-order valence-corrected chi connectivity index (χ3v) is 2.69. The van der Waals surface area contributed by atoms with Crippen molar-refractivity contribution in [3.63, 3.8) is 0 Å². The van der Waals surface area contributed by atoms with Crippen molar-refractivity contribution in [2.24, 2.45) is 0 Å². The first-order valence-electron chi connectivity index (χ1n) is 4.91. The van der Waals surface area contributed by atoms with Gasteiger partial charge in [0.1, 0.15) is 0 Å². The van der Waals surface area contributed by atoms with Crippen LogP contribution in [-0.4, -0.2) is 28.0 Å². The SMILES string of the molecule is CC(C)n1cnc2c1CN(C)CC2. The first-order valence-corrected chi connectivity index (χ1v) is 4.91. The summed E-state index contributed by atoms with van der Waals surface area (Å²) in [6, 6.07) is 0.530. The second-order valence-electron chi connectivity index (χ2n) is 4.13. The van der Waals surface area contributed by atoms with Crippen molar-refractivity contribution in [2.45, 2.75) is 32.9 Å². The number of imidazole rings is 1. The van der Waals surface area contributed by atoms with Crippen molar-refractivity contribution in [3.05, 3.63) is 17.7 Å². The van der Waals surface area contributed by atoms with E-state index in [1.165, 1.54) is 11.4 Å². The molecule has 2 rings (SSSR count). The van der Waals surface area contributed by atoms with E-state index < -0.39 is 0 Å². The summed E-state index contributed by atoms with van der Waals surface area (Å²) in [5, 5.41) is 0. The van der Waals surface area contributed by atoms with Gasteiger partial charge in [-0.3, -0.25) is 0 Å². The van der Waals surface area contributed by atoms with E-state index >= 15 is 0 Å². The number of likely N-dealkylation sites (N-methyl/N-ethyl adjacent to an activating group) is 1. The van der Waals surface area contributed by atoms with Crippen LogP contribution < -0.4 is 0 Å². The fourth-order valence-corrected chi connectivity index (χ4v) is 1.88. The molecule has 3 heteroatoms. The zero-order valence-corrected chi connectivity index (χ0v) is 8.62. The normalized spacial score (nSPS) is 17.8. The van der Waals surface area contributed by atoms with Crippen LogP contribution >= 0.6 is 0 Å². The Hall–Kier alpha value is -0.830. The second kappa shape index (κ2) is 3.14. The lowest BCUT2D eigenvalue weighted by atomic mass is 10.1. The molecule has 0 aromatic carbocycles. The monoisotopic (exact) mass is 179 g/mol. The highest BCUT2D eigenvalue weighted by molar-refractivity contribution is 5.16. The lowest BCUT2D eigenvalue weighted by Crippen LogP contribution is -2.28. The third-order valence-electron chi connectivity index (χ3n) is 2.69. The summed E-state index contributed by atoms with van der Waals surface area (Å²) in [4.78, 5) is 6.80. The minimum Gasteiger partial charge on any atom is -0.331 e. The summed E-state index contributed by atoms with van der Waals surface area (Å²) >= 11 is 0. The van der Waals surface area contributed by atoms with Crippen LogP contribution in [0.2, 0.25) is 0 Å². The number of hydrogen-bond acceptors (Lipinski definition) is 2. The molecule has 0 fully saturated rings. The van der Waals surface area contributed by atoms with E-state index in [1.54, 1.807) is 0 Å². The van der Waals surface area contributed by atoms with Crippen LogP contribution in [0, 0.1) is 0 Å². The van der Waals surface area contributed by atoms with Gasteiger partial charge >= 0.3 is 0 Å². The van der Waals surface area contributed by atoms with Crippen LogP contribution in [0.1, 0.15) is 31.3 Å². The molecule has 0 aliphatic carbocycles. The Morgan fingerprint density at radius 2 is 2.23 bits per heavy atom. The highest BCUT2D eigenvalue weighted by atomic mass is 15.2. The molecule has 0 spiro atoms. The van der Waals surface area contributed by atoms with Crippen molar-refractivity contribution in [1.82, 2.24) is 14.5 Å². The van der Waals surface area contributed by atoms with Gasteiger partial charge in [0.15, 0.2) is 0 Å². The molecule has 0 radical (unpaired) electrons. The van der Waals surface area contributed by atoms with Crippen LogP contribution in [0.5, 0.6) is 0 Å². The van der Waals surface area contributed by atoms with Gasteiger partial charge in [-0.1, -0.05) is 0 Å². The Bertz CT molecular complexity index is 301. The highest BCUT2D eigenvalue weighted by Gasteiger charge is 2.18. The Kier molecular flexibility index (Phi) is 2.12. The van der Waals surface area contributed by atoms with Crippen LogP contribution in [0.4, 0.5) is 0 Å². The smallest absolute Gasteiger partial charge is 0.0954 e. The fourth-order valence-electron chi connectivity index (χ4n) is 1.88. The molecule has 2 heterocycles. The van der Waals surface area contributed by atoms with Gasteiger partial charge in [0.25, 0.3) is 0 Å². The average molecular weight is 179 g/mol. The van der Waals surface area contributed by atoms with Gasteiger partial charge in [-0.05, 0) is 20.9 Å². The number of fused-ring (bicyclic) bond motifs is 1. The summed E-state index contributed by atoms with van der Waals surface area (Å²) in [5.74, 6) is 0. The molecule has 1 aliphatic rings. The molecule has 0 saturated heterocycles. The fraction of sp³-hybridized carbons (Fsp3) is 0.700. The van der Waals surface area contributed by atoms with Crippen LogP contribution in [0.25, 0.3) is 0 Å². The first-order chi connectivity index (χ1) is 6.18. The van der Waals surface area contributed by atoms with Crippen molar-refractivity contribution in [1.29, 1.82) is 0 Å². The van der Waals surface area contributed by atoms with Gasteiger partial charge < -0.3 is 9.47 Å². The predicted molar refractivity (Wildman–Crippen MR) is 52.7 cm³/mol. The average Bonchev–Trinajstić information content (AvgIpc) is 2.46. The van der Waals surface area contributed by atoms with Crippen molar-refractivity contribution in [2.75, 3.05) is 13.6 Å². The lowest BCUT2D eigenvalue weighted by Gasteiger charge is -2.24. The Morgan fingerprint density at radius 1 is 1.46 bits per heavy atom. The van der Waals surface area contributed by atoms with Crippen molar-refractivity contribution in [3.8, 4) is 0 Å². The van der Waals surface area contributed by atoms with Crippen molar-refractivity contribution < 1.29 is 0 Å². The minimum atomic E-state index is 0.530. The Morgan fingerprint density at radius 3 is 2.92 bits per heavy atom. The summed E-state index contributed by atoms with van der Waals surface area (Å²) in [5.41, 5.74) is 2.70. The molecule has 1 aliphatic heterocycles. The number of rotatable bonds is 1. The summed E-state index contributed by atoms with van der Waals surface area (Å²) in [7, 11) is 2.17. The van der Waals surface area contributed by atoms with Gasteiger partial charge in [-0.2, -0.15) is 0 Å². The molecule has 0 unspecified atom stereocenters. The molecule has 0 atom stereocenters. The van der Waals surface area contributed by atoms with E-state index in [1.807, 2.05) is 6.33 Å². The molecule has 0 amide bonds. The van der Waals surface area contributed by atoms with Crippen LogP contribution in [0.3, 0.4) is 0 Å². The van der Waals surface area contributed by atoms with E-state index in [0.29, 0.717) is 6.04 Å². The summed E-state index contributed by atoms with van der Waals surface area (Å²) in [6.07, 6.45) is 3.08. The number of nitrogens with zero attached hydrogens (tertiary/aromatic N) is 3. The first kappa shape index (κ1) is 8.75. The molecular formula is C10H17N3. The van der Waals surface area contributed by atoms with E-state index in [0.717, 1.165) is 19.5 Å². The largest absolute Gasteiger partial charge is 0.331 e. The molecule has 1 aromatic heterocycles. The molecule has 0 bridgehead atoms. The van der Waals surface area contributed by atoms with Gasteiger partial charge in [-0.15, -0.1) is 0 Å². The quantitative estimate of drug-likeness (QED) is 0.650. The summed E-state index contributed by atoms with van der Waals surface area (Å²) in [6.45, 7) is 6.60. The Balaban J connectivity index is 2.35. The zero-order valence-electron chi connectivity index (χ0n) is 8.62. The standard InChI is InChI=1S/C10H17N3/c1-8(2)13-7-11-9-4-5-12(3)6-10(9)13/h7-8H,4-6H2,1-3H3. The topological polar surface area (TPSA) is 21.1 Å². The molecule has 1 aromatic rings. The maximum atomic E-state index is 4.45. The predicted octanol–water partition coefficient (Wildman–Crippen LogP) is 1.45. The van der Waals surface area contributed by atoms with E-state index in [2.05, 4.69) is 35.3 Å². The third kappa shape index (κ3) is 1.48. The van der Waals surface area contributed by atoms with Crippen molar-refractivity contribution >= 4 is 0 Å². The van der Waals surface area contributed by atoms with Gasteiger partial charge in [-0.25, -0.2) is 4.98 Å². The Labute approximate surface area is 79.4 Å². The van der Waals surface area contributed by atoms with Crippen LogP contribution in [-0.2, 0) is 13.0 Å². The van der Waals surface area contributed by atoms with E-state index in [9.17, 15) is 0 Å². The molecule has 13 heavy (non-hydrogen) atoms. The summed E-state index contributed by atoms with van der Waals surface area (Å²) < 4.78 is 2.28. The number of aromatic nitrogens is 2. The van der Waals surface area contributed by atoms with Gasteiger partial charge in [0.05, 0.1) is 17.7 Å². The van der Waals surface area contributed by atoms with Crippen LogP contribution in [0.15, 0.2) is 6.33 Å². The maximum Gasteiger partial charge on any atom is 0.0954 e. The van der Waals surface area contributed by atoms with E-state index in [4.69, 9.17) is 0 Å². The zero-order chi connectivity index (χ0) is 9.42. The highest BCUT2D eigenvalue weighted by Crippen LogP contribution is 2.19. The van der Waals surface area contributed by atoms with E-state index in [-0.39, 0.29) is 0 Å². The molecule has 3 nitrogen and oxygen atoms in total.